The molecule has 0 spiro atoms. The maximum Gasteiger partial charge on any atom is 0.124 e. The average molecular weight is 200 g/mol. The minimum atomic E-state index is -0.290. The predicted octanol–water partition coefficient (Wildman–Crippen LogP) is 3.30. The molecule has 0 heterocycles. The van der Waals surface area contributed by atoms with Crippen LogP contribution in [-0.2, 0) is 0 Å². The van der Waals surface area contributed by atoms with Gasteiger partial charge in [-0.3, -0.25) is 0 Å². The van der Waals surface area contributed by atoms with Crippen LogP contribution in [0.25, 0.3) is 0 Å². The van der Waals surface area contributed by atoms with Gasteiger partial charge in [-0.2, -0.15) is 0 Å². The molecule has 3 heteroatoms. The third-order valence-electron chi connectivity index (χ3n) is 2.21. The Balaban J connectivity index is 2.01. The van der Waals surface area contributed by atoms with Crippen molar-refractivity contribution in [2.45, 2.75) is 12.8 Å². The van der Waals surface area contributed by atoms with Crippen LogP contribution < -0.4 is 5.32 Å². The molecule has 0 unspecified atom stereocenters. The lowest BCUT2D eigenvalue weighted by Gasteiger charge is -2.06. The zero-order valence-electron chi connectivity index (χ0n) is 7.19. The number of nitrogens with one attached hydrogen (secondary N) is 1. The zero-order valence-corrected chi connectivity index (χ0v) is 7.94. The molecule has 1 saturated carbocycles. The topological polar surface area (TPSA) is 12.0 Å². The molecule has 1 aromatic rings. The Morgan fingerprint density at radius 2 is 2.23 bits per heavy atom. The van der Waals surface area contributed by atoms with Crippen molar-refractivity contribution in [1.29, 1.82) is 0 Å². The molecular weight excluding hydrogens is 189 g/mol. The number of hydrogen-bond donors (Lipinski definition) is 1. The fraction of sp³-hybridized carbons (Fsp3) is 0.400. The Hall–Kier alpha value is -0.760. The molecule has 0 saturated heterocycles. The molecule has 1 nitrogen and oxygen atoms in total. The van der Waals surface area contributed by atoms with Crippen LogP contribution in [0, 0.1) is 11.7 Å². The third-order valence-corrected chi connectivity index (χ3v) is 2.52. The molecule has 0 bridgehead atoms. The molecule has 0 aliphatic heterocycles. The van der Waals surface area contributed by atoms with E-state index < -0.39 is 0 Å². The number of hydrogen-bond acceptors (Lipinski definition) is 1. The standard InChI is InChI=1S/C10H11ClFN/c11-9-5-8(12)3-4-10(9)13-6-7-1-2-7/h3-5,7,13H,1-2,6H2. The first-order chi connectivity index (χ1) is 6.25. The highest BCUT2D eigenvalue weighted by Gasteiger charge is 2.20. The summed E-state index contributed by atoms with van der Waals surface area (Å²) >= 11 is 5.83. The molecule has 2 rings (SSSR count). The maximum atomic E-state index is 12.6. The smallest absolute Gasteiger partial charge is 0.124 e. The molecule has 70 valence electrons. The first-order valence-corrected chi connectivity index (χ1v) is 4.82. The Morgan fingerprint density at radius 3 is 2.85 bits per heavy atom. The summed E-state index contributed by atoms with van der Waals surface area (Å²) < 4.78 is 12.6. The van der Waals surface area contributed by atoms with Gasteiger partial charge in [0.05, 0.1) is 10.7 Å². The molecule has 1 N–H and O–H groups in total. The van der Waals surface area contributed by atoms with E-state index in [2.05, 4.69) is 5.32 Å². The van der Waals surface area contributed by atoms with Crippen molar-refractivity contribution in [2.75, 3.05) is 11.9 Å². The van der Waals surface area contributed by atoms with Crippen molar-refractivity contribution in [1.82, 2.24) is 0 Å². The molecule has 13 heavy (non-hydrogen) atoms. The summed E-state index contributed by atoms with van der Waals surface area (Å²) in [5.41, 5.74) is 0.829. The van der Waals surface area contributed by atoms with Gasteiger partial charge in [0.15, 0.2) is 0 Å². The van der Waals surface area contributed by atoms with Gasteiger partial charge in [-0.05, 0) is 37.0 Å². The summed E-state index contributed by atoms with van der Waals surface area (Å²) in [6.07, 6.45) is 2.59. The van der Waals surface area contributed by atoms with E-state index in [1.54, 1.807) is 6.07 Å². The highest BCUT2D eigenvalue weighted by molar-refractivity contribution is 6.33. The summed E-state index contributed by atoms with van der Waals surface area (Å²) in [5, 5.41) is 3.66. The van der Waals surface area contributed by atoms with E-state index in [9.17, 15) is 4.39 Å². The second kappa shape index (κ2) is 3.54. The SMILES string of the molecule is Fc1ccc(NCC2CC2)c(Cl)c1. The predicted molar refractivity (Wildman–Crippen MR) is 52.6 cm³/mol. The maximum absolute atomic E-state index is 12.6. The molecule has 1 aliphatic carbocycles. The van der Waals surface area contributed by atoms with Crippen molar-refractivity contribution < 1.29 is 4.39 Å². The van der Waals surface area contributed by atoms with E-state index in [-0.39, 0.29) is 5.82 Å². The highest BCUT2D eigenvalue weighted by atomic mass is 35.5. The van der Waals surface area contributed by atoms with Gasteiger partial charge >= 0.3 is 0 Å². The quantitative estimate of drug-likeness (QED) is 0.788. The van der Waals surface area contributed by atoms with E-state index in [0.29, 0.717) is 5.02 Å². The lowest BCUT2D eigenvalue weighted by molar-refractivity contribution is 0.628. The molecule has 0 atom stereocenters. The van der Waals surface area contributed by atoms with Gasteiger partial charge in [-0.1, -0.05) is 11.6 Å². The summed E-state index contributed by atoms with van der Waals surface area (Å²) in [6.45, 7) is 0.950. The van der Waals surface area contributed by atoms with Crippen LogP contribution >= 0.6 is 11.6 Å². The van der Waals surface area contributed by atoms with Crippen LogP contribution in [0.15, 0.2) is 18.2 Å². The van der Waals surface area contributed by atoms with Crippen molar-refractivity contribution in [3.63, 3.8) is 0 Å². The van der Waals surface area contributed by atoms with Gasteiger partial charge in [-0.25, -0.2) is 4.39 Å². The van der Waals surface area contributed by atoms with Gasteiger partial charge in [0.2, 0.25) is 0 Å². The first-order valence-electron chi connectivity index (χ1n) is 4.44. The van der Waals surface area contributed by atoms with Crippen LogP contribution in [0.4, 0.5) is 10.1 Å². The fourth-order valence-corrected chi connectivity index (χ4v) is 1.44. The van der Waals surface area contributed by atoms with E-state index in [1.807, 2.05) is 0 Å². The highest BCUT2D eigenvalue weighted by Crippen LogP contribution is 2.30. The summed E-state index contributed by atoms with van der Waals surface area (Å²) in [4.78, 5) is 0. The largest absolute Gasteiger partial charge is 0.384 e. The first kappa shape index (κ1) is 8.82. The van der Waals surface area contributed by atoms with Crippen molar-refractivity contribution in [3.8, 4) is 0 Å². The second-order valence-corrected chi connectivity index (χ2v) is 3.86. The lowest BCUT2D eigenvalue weighted by atomic mass is 10.3. The summed E-state index contributed by atoms with van der Waals surface area (Å²) in [6, 6.07) is 4.43. The van der Waals surface area contributed by atoms with E-state index in [0.717, 1.165) is 18.2 Å². The molecule has 0 radical (unpaired) electrons. The number of halogens is 2. The number of anilines is 1. The van der Waals surface area contributed by atoms with Crippen LogP contribution in [0.2, 0.25) is 5.02 Å². The molecule has 0 aromatic heterocycles. The van der Waals surface area contributed by atoms with Gasteiger partial charge in [0, 0.05) is 6.54 Å². The van der Waals surface area contributed by atoms with E-state index >= 15 is 0 Å². The Bertz CT molecular complexity index is 310. The number of benzene rings is 1. The summed E-state index contributed by atoms with van der Waals surface area (Å²) in [5.74, 6) is 0.503. The summed E-state index contributed by atoms with van der Waals surface area (Å²) in [7, 11) is 0. The van der Waals surface area contributed by atoms with Gasteiger partial charge < -0.3 is 5.32 Å². The molecular formula is C10H11ClFN. The molecule has 1 aromatic carbocycles. The molecule has 1 fully saturated rings. The van der Waals surface area contributed by atoms with Crippen LogP contribution in [0.1, 0.15) is 12.8 Å². The average Bonchev–Trinajstić information content (AvgIpc) is 2.86. The van der Waals surface area contributed by atoms with E-state index in [1.165, 1.54) is 25.0 Å². The second-order valence-electron chi connectivity index (χ2n) is 3.45. The normalized spacial score (nSPS) is 15.8. The van der Waals surface area contributed by atoms with Gasteiger partial charge in [0.25, 0.3) is 0 Å². The lowest BCUT2D eigenvalue weighted by Crippen LogP contribution is -2.03. The van der Waals surface area contributed by atoms with Crippen LogP contribution in [0.3, 0.4) is 0 Å². The minimum Gasteiger partial charge on any atom is -0.384 e. The van der Waals surface area contributed by atoms with Gasteiger partial charge in [0.1, 0.15) is 5.82 Å². The molecule has 1 aliphatic rings. The van der Waals surface area contributed by atoms with Crippen LogP contribution in [0.5, 0.6) is 0 Å². The Kier molecular flexibility index (Phi) is 2.40. The minimum absolute atomic E-state index is 0.290. The van der Waals surface area contributed by atoms with E-state index in [4.69, 9.17) is 11.6 Å². The van der Waals surface area contributed by atoms with Crippen molar-refractivity contribution in [3.05, 3.63) is 29.0 Å². The Morgan fingerprint density at radius 1 is 1.46 bits per heavy atom. The van der Waals surface area contributed by atoms with Crippen LogP contribution in [-0.4, -0.2) is 6.54 Å². The Labute approximate surface area is 81.9 Å². The van der Waals surface area contributed by atoms with Gasteiger partial charge in [-0.15, -0.1) is 0 Å². The fourth-order valence-electron chi connectivity index (χ4n) is 1.21. The monoisotopic (exact) mass is 199 g/mol. The molecule has 0 amide bonds. The zero-order chi connectivity index (χ0) is 9.26. The third kappa shape index (κ3) is 2.34. The van der Waals surface area contributed by atoms with Crippen molar-refractivity contribution >= 4 is 17.3 Å². The number of rotatable bonds is 3. The van der Waals surface area contributed by atoms with Crippen molar-refractivity contribution in [2.24, 2.45) is 5.92 Å².